The van der Waals surface area contributed by atoms with Crippen molar-refractivity contribution in [2.45, 2.75) is 116 Å². The van der Waals surface area contributed by atoms with Crippen molar-refractivity contribution in [2.24, 2.45) is 5.92 Å². The van der Waals surface area contributed by atoms with Crippen LogP contribution in [-0.2, 0) is 9.59 Å². The summed E-state index contributed by atoms with van der Waals surface area (Å²) in [5, 5.41) is 17.4. The van der Waals surface area contributed by atoms with Gasteiger partial charge >= 0.3 is 11.9 Å². The molecule has 0 aliphatic rings. The maximum absolute atomic E-state index is 10.7. The molecule has 2 N–H and O–H groups in total. The molecular weight excluding hydrogens is 364 g/mol. The molecule has 0 bridgehead atoms. The Balaban J connectivity index is 3.32. The summed E-state index contributed by atoms with van der Waals surface area (Å²) < 4.78 is 0. The van der Waals surface area contributed by atoms with Gasteiger partial charge in [0, 0.05) is 19.3 Å². The van der Waals surface area contributed by atoms with Crippen LogP contribution in [0.5, 0.6) is 0 Å². The van der Waals surface area contributed by atoms with Crippen LogP contribution >= 0.6 is 0 Å². The van der Waals surface area contributed by atoms with Crippen LogP contribution < -0.4 is 0 Å². The van der Waals surface area contributed by atoms with Crippen LogP contribution in [0.25, 0.3) is 0 Å². The van der Waals surface area contributed by atoms with Gasteiger partial charge in [-0.25, -0.2) is 0 Å². The zero-order valence-electron chi connectivity index (χ0n) is 18.3. The Labute approximate surface area is 177 Å². The summed E-state index contributed by atoms with van der Waals surface area (Å²) in [5.74, 6) is 10.5. The molecule has 0 heterocycles. The summed E-state index contributed by atoms with van der Waals surface area (Å²) >= 11 is 0. The Morgan fingerprint density at radius 2 is 1.07 bits per heavy atom. The molecule has 0 amide bonds. The number of carbonyl (C=O) groups is 2. The average molecular weight is 405 g/mol. The first-order valence-electron chi connectivity index (χ1n) is 11.4. The van der Waals surface area contributed by atoms with E-state index in [2.05, 4.69) is 23.7 Å². The molecule has 0 aliphatic carbocycles. The molecule has 0 aromatic heterocycles. The molecule has 4 nitrogen and oxygen atoms in total. The van der Waals surface area contributed by atoms with Crippen LogP contribution in [-0.4, -0.2) is 22.2 Å². The summed E-state index contributed by atoms with van der Waals surface area (Å²) in [5.41, 5.74) is 0. The fraction of sp³-hybridized carbons (Fsp3) is 0.760. The largest absolute Gasteiger partial charge is 0.481 e. The van der Waals surface area contributed by atoms with E-state index >= 15 is 0 Å². The lowest BCUT2D eigenvalue weighted by molar-refractivity contribution is -0.141. The van der Waals surface area contributed by atoms with E-state index < -0.39 is 11.9 Å². The standard InChI is InChI=1S/C25H40O4/c1-23(25(28)29)21-19-17-15-13-11-9-7-5-3-2-4-6-8-10-12-14-16-18-20-22-24(26)27/h23H,6-22H2,1H3,(H,26,27)(H,28,29). The first kappa shape index (κ1) is 27.1. The second-order valence-corrected chi connectivity index (χ2v) is 7.87. The minimum absolute atomic E-state index is 0.215. The van der Waals surface area contributed by atoms with Crippen LogP contribution in [0.3, 0.4) is 0 Å². The minimum Gasteiger partial charge on any atom is -0.481 e. The van der Waals surface area contributed by atoms with E-state index in [-0.39, 0.29) is 5.92 Å². The molecule has 0 aliphatic heterocycles. The molecule has 0 saturated heterocycles. The van der Waals surface area contributed by atoms with E-state index in [9.17, 15) is 9.59 Å². The molecule has 0 fully saturated rings. The third-order valence-electron chi connectivity index (χ3n) is 5.04. The molecule has 0 aromatic carbocycles. The van der Waals surface area contributed by atoms with Crippen LogP contribution in [0.1, 0.15) is 116 Å². The summed E-state index contributed by atoms with van der Waals surface area (Å²) in [7, 11) is 0. The van der Waals surface area contributed by atoms with Crippen molar-refractivity contribution in [3.05, 3.63) is 0 Å². The van der Waals surface area contributed by atoms with Gasteiger partial charge in [-0.1, -0.05) is 83.0 Å². The summed E-state index contributed by atoms with van der Waals surface area (Å²) in [6, 6.07) is 0. The number of carboxylic acid groups (broad SMARTS) is 2. The molecular formula is C25H40O4. The van der Waals surface area contributed by atoms with Gasteiger partial charge in [-0.2, -0.15) is 0 Å². The predicted molar refractivity (Wildman–Crippen MR) is 118 cm³/mol. The average Bonchev–Trinajstić information content (AvgIpc) is 2.68. The van der Waals surface area contributed by atoms with Crippen molar-refractivity contribution in [3.8, 4) is 23.7 Å². The number of carboxylic acids is 2. The first-order valence-corrected chi connectivity index (χ1v) is 11.4. The third-order valence-corrected chi connectivity index (χ3v) is 5.04. The Hall–Kier alpha value is -1.94. The third kappa shape index (κ3) is 22.2. The van der Waals surface area contributed by atoms with E-state index in [4.69, 9.17) is 10.2 Å². The minimum atomic E-state index is -0.692. The first-order chi connectivity index (χ1) is 14.0. The topological polar surface area (TPSA) is 74.6 Å². The smallest absolute Gasteiger partial charge is 0.306 e. The molecule has 0 spiro atoms. The van der Waals surface area contributed by atoms with E-state index in [1.54, 1.807) is 6.92 Å². The Morgan fingerprint density at radius 1 is 0.655 bits per heavy atom. The van der Waals surface area contributed by atoms with Crippen molar-refractivity contribution in [3.63, 3.8) is 0 Å². The summed E-state index contributed by atoms with van der Waals surface area (Å²) in [4.78, 5) is 21.1. The van der Waals surface area contributed by atoms with Gasteiger partial charge in [-0.3, -0.25) is 9.59 Å². The van der Waals surface area contributed by atoms with E-state index in [0.717, 1.165) is 64.2 Å². The Kier molecular flexibility index (Phi) is 19.4. The molecule has 164 valence electrons. The fourth-order valence-electron chi connectivity index (χ4n) is 3.08. The molecule has 4 heteroatoms. The van der Waals surface area contributed by atoms with E-state index in [0.29, 0.717) is 6.42 Å². The Morgan fingerprint density at radius 3 is 1.52 bits per heavy atom. The van der Waals surface area contributed by atoms with E-state index in [1.165, 1.54) is 38.5 Å². The zero-order chi connectivity index (χ0) is 21.6. The second-order valence-electron chi connectivity index (χ2n) is 7.87. The lowest BCUT2D eigenvalue weighted by Crippen LogP contribution is -2.08. The number of unbranched alkanes of at least 4 members (excludes halogenated alkanes) is 13. The second kappa shape index (κ2) is 20.8. The van der Waals surface area contributed by atoms with Crippen molar-refractivity contribution in [1.82, 2.24) is 0 Å². The highest BCUT2D eigenvalue weighted by Crippen LogP contribution is 2.12. The zero-order valence-corrected chi connectivity index (χ0v) is 18.3. The summed E-state index contributed by atoms with van der Waals surface area (Å²) in [6.07, 6.45) is 17.4. The molecule has 0 rings (SSSR count). The van der Waals surface area contributed by atoms with Gasteiger partial charge in [0.2, 0.25) is 0 Å². The van der Waals surface area contributed by atoms with Crippen molar-refractivity contribution in [2.75, 3.05) is 0 Å². The highest BCUT2D eigenvalue weighted by atomic mass is 16.4. The molecule has 0 aromatic rings. The van der Waals surface area contributed by atoms with Gasteiger partial charge in [0.15, 0.2) is 0 Å². The normalized spacial score (nSPS) is 11.1. The van der Waals surface area contributed by atoms with Gasteiger partial charge in [0.05, 0.1) is 5.92 Å². The fourth-order valence-corrected chi connectivity index (χ4v) is 3.08. The molecule has 1 unspecified atom stereocenters. The number of rotatable bonds is 18. The van der Waals surface area contributed by atoms with Crippen molar-refractivity contribution < 1.29 is 19.8 Å². The number of aliphatic carboxylic acids is 2. The number of hydrogen-bond acceptors (Lipinski definition) is 2. The van der Waals surface area contributed by atoms with Gasteiger partial charge in [0.25, 0.3) is 0 Å². The highest BCUT2D eigenvalue weighted by Gasteiger charge is 2.09. The van der Waals surface area contributed by atoms with Gasteiger partial charge in [0.1, 0.15) is 0 Å². The van der Waals surface area contributed by atoms with Gasteiger partial charge in [-0.05, 0) is 37.5 Å². The monoisotopic (exact) mass is 404 g/mol. The quantitative estimate of drug-likeness (QED) is 0.204. The molecule has 29 heavy (non-hydrogen) atoms. The van der Waals surface area contributed by atoms with Crippen LogP contribution in [0.15, 0.2) is 0 Å². The van der Waals surface area contributed by atoms with Crippen LogP contribution in [0.4, 0.5) is 0 Å². The van der Waals surface area contributed by atoms with Crippen molar-refractivity contribution >= 4 is 11.9 Å². The molecule has 0 radical (unpaired) electrons. The highest BCUT2D eigenvalue weighted by molar-refractivity contribution is 5.69. The lowest BCUT2D eigenvalue weighted by atomic mass is 10.0. The summed E-state index contributed by atoms with van der Waals surface area (Å²) in [6.45, 7) is 1.78. The van der Waals surface area contributed by atoms with Crippen molar-refractivity contribution in [1.29, 1.82) is 0 Å². The molecule has 1 atom stereocenters. The predicted octanol–water partition coefficient (Wildman–Crippen LogP) is 6.43. The van der Waals surface area contributed by atoms with Crippen LogP contribution in [0.2, 0.25) is 0 Å². The van der Waals surface area contributed by atoms with Gasteiger partial charge in [-0.15, -0.1) is 0 Å². The maximum atomic E-state index is 10.7. The maximum Gasteiger partial charge on any atom is 0.306 e. The molecule has 0 saturated carbocycles. The number of hydrogen-bond donors (Lipinski definition) is 2. The lowest BCUT2D eigenvalue weighted by Gasteiger charge is -2.05. The van der Waals surface area contributed by atoms with Crippen LogP contribution in [0, 0.1) is 29.6 Å². The van der Waals surface area contributed by atoms with E-state index in [1.807, 2.05) is 0 Å². The SMILES string of the molecule is CC(CCCCCCCCC#CC#CCCCCCCCCCC(=O)O)C(=O)O. The van der Waals surface area contributed by atoms with Gasteiger partial charge < -0.3 is 10.2 Å². The Bertz CT molecular complexity index is 545.